The maximum absolute atomic E-state index is 4.58. The predicted octanol–water partition coefficient (Wildman–Crippen LogP) is 3.35. The van der Waals surface area contributed by atoms with Gasteiger partial charge in [-0.05, 0) is 62.6 Å². The molecule has 0 aromatic carbocycles. The molecule has 2 rings (SSSR count). The molecule has 1 fully saturated rings. The summed E-state index contributed by atoms with van der Waals surface area (Å²) in [4.78, 5) is 4.58. The van der Waals surface area contributed by atoms with E-state index in [1.54, 1.807) is 0 Å². The highest BCUT2D eigenvalue weighted by atomic mass is 14.9. The lowest BCUT2D eigenvalue weighted by molar-refractivity contribution is 0.481. The van der Waals surface area contributed by atoms with E-state index >= 15 is 0 Å². The van der Waals surface area contributed by atoms with E-state index in [4.69, 9.17) is 0 Å². The molecule has 1 aliphatic rings. The average Bonchev–Trinajstić information content (AvgIpc) is 2.85. The maximum Gasteiger partial charge on any atom is 0.0406 e. The summed E-state index contributed by atoms with van der Waals surface area (Å²) in [7, 11) is 0. The summed E-state index contributed by atoms with van der Waals surface area (Å²) in [6.07, 6.45) is 9.56. The van der Waals surface area contributed by atoms with Gasteiger partial charge in [-0.15, -0.1) is 0 Å². The zero-order valence-electron chi connectivity index (χ0n) is 11.8. The molecule has 1 saturated carbocycles. The van der Waals surface area contributed by atoms with Gasteiger partial charge in [0, 0.05) is 17.9 Å². The first-order chi connectivity index (χ1) is 8.81. The molecule has 1 heterocycles. The van der Waals surface area contributed by atoms with Gasteiger partial charge in [0.25, 0.3) is 0 Å². The Balaban J connectivity index is 1.79. The fourth-order valence-corrected chi connectivity index (χ4v) is 2.87. The second-order valence-corrected chi connectivity index (χ2v) is 5.55. The van der Waals surface area contributed by atoms with Crippen LogP contribution in [0.3, 0.4) is 0 Å². The Morgan fingerprint density at radius 2 is 2.17 bits per heavy atom. The van der Waals surface area contributed by atoms with Crippen LogP contribution in [-0.2, 0) is 12.8 Å². The molecule has 0 radical (unpaired) electrons. The SMILES string of the molecule is CCCNC1CCC(Cc2ccc(CC)cn2)C1. The van der Waals surface area contributed by atoms with E-state index in [1.807, 2.05) is 6.20 Å². The number of aromatic nitrogens is 1. The summed E-state index contributed by atoms with van der Waals surface area (Å²) in [5.74, 6) is 0.833. The molecule has 0 saturated heterocycles. The van der Waals surface area contributed by atoms with Gasteiger partial charge in [-0.1, -0.05) is 19.9 Å². The van der Waals surface area contributed by atoms with Gasteiger partial charge in [0.2, 0.25) is 0 Å². The van der Waals surface area contributed by atoms with Crippen LogP contribution >= 0.6 is 0 Å². The highest BCUT2D eigenvalue weighted by Crippen LogP contribution is 2.28. The van der Waals surface area contributed by atoms with Crippen LogP contribution in [0.4, 0.5) is 0 Å². The predicted molar refractivity (Wildman–Crippen MR) is 76.7 cm³/mol. The van der Waals surface area contributed by atoms with Gasteiger partial charge < -0.3 is 5.32 Å². The van der Waals surface area contributed by atoms with Crippen LogP contribution in [0.5, 0.6) is 0 Å². The maximum atomic E-state index is 4.58. The molecule has 0 amide bonds. The quantitative estimate of drug-likeness (QED) is 0.832. The zero-order valence-corrected chi connectivity index (χ0v) is 11.8. The second kappa shape index (κ2) is 6.89. The summed E-state index contributed by atoms with van der Waals surface area (Å²) < 4.78 is 0. The molecular weight excluding hydrogens is 220 g/mol. The van der Waals surface area contributed by atoms with Crippen molar-refractivity contribution in [3.8, 4) is 0 Å². The third-order valence-corrected chi connectivity index (χ3v) is 4.02. The Morgan fingerprint density at radius 1 is 1.28 bits per heavy atom. The van der Waals surface area contributed by atoms with Crippen molar-refractivity contribution in [1.29, 1.82) is 0 Å². The van der Waals surface area contributed by atoms with Gasteiger partial charge in [-0.25, -0.2) is 0 Å². The minimum absolute atomic E-state index is 0.755. The number of pyridine rings is 1. The summed E-state index contributed by atoms with van der Waals surface area (Å²) in [6.45, 7) is 5.58. The van der Waals surface area contributed by atoms with E-state index in [-0.39, 0.29) is 0 Å². The van der Waals surface area contributed by atoms with Crippen molar-refractivity contribution in [3.05, 3.63) is 29.6 Å². The van der Waals surface area contributed by atoms with Crippen LogP contribution < -0.4 is 5.32 Å². The van der Waals surface area contributed by atoms with Crippen molar-refractivity contribution in [1.82, 2.24) is 10.3 Å². The topological polar surface area (TPSA) is 24.9 Å². The van der Waals surface area contributed by atoms with E-state index in [1.165, 1.54) is 43.5 Å². The van der Waals surface area contributed by atoms with Gasteiger partial charge >= 0.3 is 0 Å². The Hall–Kier alpha value is -0.890. The second-order valence-electron chi connectivity index (χ2n) is 5.55. The molecule has 1 N–H and O–H groups in total. The summed E-state index contributed by atoms with van der Waals surface area (Å²) in [5, 5.41) is 3.64. The van der Waals surface area contributed by atoms with Gasteiger partial charge in [0.05, 0.1) is 0 Å². The number of hydrogen-bond acceptors (Lipinski definition) is 2. The molecule has 1 aromatic heterocycles. The smallest absolute Gasteiger partial charge is 0.0406 e. The van der Waals surface area contributed by atoms with Crippen molar-refractivity contribution in [2.75, 3.05) is 6.54 Å². The first-order valence-corrected chi connectivity index (χ1v) is 7.49. The highest BCUT2D eigenvalue weighted by Gasteiger charge is 2.24. The molecule has 1 aromatic rings. The third-order valence-electron chi connectivity index (χ3n) is 4.02. The summed E-state index contributed by atoms with van der Waals surface area (Å²) in [5.41, 5.74) is 2.61. The van der Waals surface area contributed by atoms with E-state index in [9.17, 15) is 0 Å². The van der Waals surface area contributed by atoms with E-state index in [2.05, 4.69) is 36.3 Å². The molecule has 0 spiro atoms. The lowest BCUT2D eigenvalue weighted by atomic mass is 10.0. The molecule has 2 unspecified atom stereocenters. The monoisotopic (exact) mass is 246 g/mol. The van der Waals surface area contributed by atoms with Gasteiger partial charge in [0.1, 0.15) is 0 Å². The van der Waals surface area contributed by atoms with Crippen LogP contribution in [0.1, 0.15) is 50.8 Å². The lowest BCUT2D eigenvalue weighted by Crippen LogP contribution is -2.27. The first kappa shape index (κ1) is 13.5. The number of nitrogens with one attached hydrogen (secondary N) is 1. The summed E-state index contributed by atoms with van der Waals surface area (Å²) in [6, 6.07) is 5.19. The molecule has 2 atom stereocenters. The van der Waals surface area contributed by atoms with E-state index in [0.717, 1.165) is 24.8 Å². The van der Waals surface area contributed by atoms with Gasteiger partial charge in [0.15, 0.2) is 0 Å². The third kappa shape index (κ3) is 3.81. The molecule has 0 aliphatic heterocycles. The largest absolute Gasteiger partial charge is 0.314 e. The normalized spacial score (nSPS) is 23.4. The Kier molecular flexibility index (Phi) is 5.18. The van der Waals surface area contributed by atoms with Gasteiger partial charge in [-0.2, -0.15) is 0 Å². The van der Waals surface area contributed by atoms with Crippen molar-refractivity contribution in [3.63, 3.8) is 0 Å². The Labute approximate surface area is 111 Å². The number of rotatable bonds is 6. The van der Waals surface area contributed by atoms with E-state index in [0.29, 0.717) is 0 Å². The minimum Gasteiger partial charge on any atom is -0.314 e. The van der Waals surface area contributed by atoms with Crippen LogP contribution in [0, 0.1) is 5.92 Å². The summed E-state index contributed by atoms with van der Waals surface area (Å²) >= 11 is 0. The number of nitrogens with zero attached hydrogens (tertiary/aromatic N) is 1. The highest BCUT2D eigenvalue weighted by molar-refractivity contribution is 5.14. The fraction of sp³-hybridized carbons (Fsp3) is 0.688. The van der Waals surface area contributed by atoms with E-state index < -0.39 is 0 Å². The van der Waals surface area contributed by atoms with Crippen molar-refractivity contribution in [2.24, 2.45) is 5.92 Å². The van der Waals surface area contributed by atoms with Crippen LogP contribution in [-0.4, -0.2) is 17.6 Å². The Morgan fingerprint density at radius 3 is 2.83 bits per heavy atom. The van der Waals surface area contributed by atoms with Crippen molar-refractivity contribution >= 4 is 0 Å². The fourth-order valence-electron chi connectivity index (χ4n) is 2.87. The van der Waals surface area contributed by atoms with Crippen LogP contribution in [0.15, 0.2) is 18.3 Å². The molecule has 1 aliphatic carbocycles. The van der Waals surface area contributed by atoms with Crippen LogP contribution in [0.2, 0.25) is 0 Å². The van der Waals surface area contributed by atoms with Crippen molar-refractivity contribution < 1.29 is 0 Å². The minimum atomic E-state index is 0.755. The molecule has 18 heavy (non-hydrogen) atoms. The molecule has 2 nitrogen and oxygen atoms in total. The van der Waals surface area contributed by atoms with Crippen molar-refractivity contribution in [2.45, 2.75) is 58.4 Å². The molecule has 100 valence electrons. The lowest BCUT2D eigenvalue weighted by Gasteiger charge is -2.12. The number of aryl methyl sites for hydroxylation is 1. The molecule has 2 heteroatoms. The molecular formula is C16H26N2. The first-order valence-electron chi connectivity index (χ1n) is 7.49. The Bertz CT molecular complexity index is 345. The molecule has 0 bridgehead atoms. The standard InChI is InChI=1S/C16H26N2/c1-3-9-17-15-8-6-14(10-15)11-16-7-5-13(4-2)12-18-16/h5,7,12,14-15,17H,3-4,6,8-11H2,1-2H3. The average molecular weight is 246 g/mol. The number of hydrogen-bond donors (Lipinski definition) is 1. The zero-order chi connectivity index (χ0) is 12.8. The van der Waals surface area contributed by atoms with Gasteiger partial charge in [-0.3, -0.25) is 4.98 Å². The van der Waals surface area contributed by atoms with Crippen LogP contribution in [0.25, 0.3) is 0 Å².